The van der Waals surface area contributed by atoms with Crippen molar-refractivity contribution in [2.24, 2.45) is 0 Å². The van der Waals surface area contributed by atoms with Gasteiger partial charge in [-0.05, 0) is 43.0 Å². The van der Waals surface area contributed by atoms with Crippen molar-refractivity contribution in [3.8, 4) is 5.75 Å². The third-order valence-electron chi connectivity index (χ3n) is 5.48. The van der Waals surface area contributed by atoms with Crippen molar-refractivity contribution in [3.05, 3.63) is 58.8 Å². The second-order valence-corrected chi connectivity index (χ2v) is 8.99. The van der Waals surface area contributed by atoms with E-state index in [1.54, 1.807) is 19.2 Å². The fraction of sp³-hybridized carbons (Fsp3) is 0.318. The number of Topliss-reactive ketones (excluding diaryl/α,β-unsaturated/α-hetero) is 1. The zero-order valence-corrected chi connectivity index (χ0v) is 17.4. The minimum atomic E-state index is -3.74. The lowest BCUT2D eigenvalue weighted by Gasteiger charge is -2.13. The molecule has 6 nitrogen and oxygen atoms in total. The van der Waals surface area contributed by atoms with Gasteiger partial charge in [0.1, 0.15) is 5.75 Å². The first-order valence-corrected chi connectivity index (χ1v) is 11.2. The number of fused-ring (bicyclic) bond motifs is 3. The van der Waals surface area contributed by atoms with Gasteiger partial charge >= 0.3 is 0 Å². The molecule has 7 heteroatoms. The number of para-hydroxylation sites is 1. The Labute approximate surface area is 170 Å². The summed E-state index contributed by atoms with van der Waals surface area (Å²) in [5, 5.41) is 0.824. The van der Waals surface area contributed by atoms with E-state index in [9.17, 15) is 13.2 Å². The molecular weight excluding hydrogens is 388 g/mol. The number of ether oxygens (including phenoxy) is 1. The molecule has 0 atom stereocenters. The maximum absolute atomic E-state index is 13.1. The quantitative estimate of drug-likeness (QED) is 0.646. The van der Waals surface area contributed by atoms with E-state index in [1.807, 2.05) is 31.2 Å². The number of hydrogen-bond acceptors (Lipinski definition) is 4. The van der Waals surface area contributed by atoms with Gasteiger partial charge in [-0.15, -0.1) is 0 Å². The van der Waals surface area contributed by atoms with Crippen LogP contribution in [0.1, 0.15) is 46.9 Å². The van der Waals surface area contributed by atoms with Gasteiger partial charge in [0, 0.05) is 40.7 Å². The molecule has 29 heavy (non-hydrogen) atoms. The van der Waals surface area contributed by atoms with E-state index in [4.69, 9.17) is 4.74 Å². The summed E-state index contributed by atoms with van der Waals surface area (Å²) in [6, 6.07) is 10.8. The SMILES string of the molecule is CCc1cc2c3c([nH]c2cc1S(=O)(=O)NCc1ccccc1OC)CCCC3=O. The van der Waals surface area contributed by atoms with Gasteiger partial charge in [0.2, 0.25) is 10.0 Å². The Morgan fingerprint density at radius 3 is 2.69 bits per heavy atom. The lowest BCUT2D eigenvalue weighted by molar-refractivity contribution is 0.0974. The first-order valence-electron chi connectivity index (χ1n) is 9.77. The number of carbonyl (C=O) groups is 1. The molecule has 152 valence electrons. The minimum absolute atomic E-state index is 0.129. The topological polar surface area (TPSA) is 88.3 Å². The number of rotatable bonds is 6. The van der Waals surface area contributed by atoms with Crippen LogP contribution in [0.4, 0.5) is 0 Å². The summed E-state index contributed by atoms with van der Waals surface area (Å²) in [7, 11) is -2.18. The van der Waals surface area contributed by atoms with Gasteiger partial charge in [0.25, 0.3) is 0 Å². The Bertz CT molecular complexity index is 1190. The van der Waals surface area contributed by atoms with Gasteiger partial charge in [0.05, 0.1) is 12.0 Å². The van der Waals surface area contributed by atoms with Crippen molar-refractivity contribution in [2.45, 2.75) is 44.0 Å². The summed E-state index contributed by atoms with van der Waals surface area (Å²) in [6.45, 7) is 2.05. The van der Waals surface area contributed by atoms with Crippen LogP contribution in [-0.2, 0) is 29.4 Å². The highest BCUT2D eigenvalue weighted by Gasteiger charge is 2.25. The molecule has 0 radical (unpaired) electrons. The van der Waals surface area contributed by atoms with Crippen LogP contribution in [-0.4, -0.2) is 26.3 Å². The number of aromatic nitrogens is 1. The average Bonchev–Trinajstić information content (AvgIpc) is 3.10. The Morgan fingerprint density at radius 2 is 1.93 bits per heavy atom. The van der Waals surface area contributed by atoms with Gasteiger partial charge in [-0.3, -0.25) is 4.79 Å². The molecule has 2 N–H and O–H groups in total. The van der Waals surface area contributed by atoms with E-state index < -0.39 is 10.0 Å². The third-order valence-corrected chi connectivity index (χ3v) is 6.97. The fourth-order valence-corrected chi connectivity index (χ4v) is 5.33. The van der Waals surface area contributed by atoms with Gasteiger partial charge in [-0.25, -0.2) is 13.1 Å². The van der Waals surface area contributed by atoms with E-state index >= 15 is 0 Å². The van der Waals surface area contributed by atoms with Crippen molar-refractivity contribution in [1.29, 1.82) is 0 Å². The van der Waals surface area contributed by atoms with Crippen LogP contribution in [0.15, 0.2) is 41.3 Å². The lowest BCUT2D eigenvalue weighted by atomic mass is 9.94. The maximum Gasteiger partial charge on any atom is 0.241 e. The number of methoxy groups -OCH3 is 1. The number of benzene rings is 2. The number of H-pyrrole nitrogens is 1. The van der Waals surface area contributed by atoms with Crippen LogP contribution >= 0.6 is 0 Å². The molecule has 0 bridgehead atoms. The minimum Gasteiger partial charge on any atom is -0.496 e. The zero-order chi connectivity index (χ0) is 20.6. The largest absolute Gasteiger partial charge is 0.496 e. The maximum atomic E-state index is 13.1. The van der Waals surface area contributed by atoms with Gasteiger partial charge in [-0.1, -0.05) is 25.1 Å². The normalized spacial score (nSPS) is 14.2. The van der Waals surface area contributed by atoms with Crippen molar-refractivity contribution < 1.29 is 17.9 Å². The van der Waals surface area contributed by atoms with Crippen LogP contribution in [0.3, 0.4) is 0 Å². The van der Waals surface area contributed by atoms with Crippen molar-refractivity contribution in [1.82, 2.24) is 9.71 Å². The van der Waals surface area contributed by atoms with Crippen LogP contribution in [0.5, 0.6) is 5.75 Å². The van der Waals surface area contributed by atoms with Crippen LogP contribution < -0.4 is 9.46 Å². The zero-order valence-electron chi connectivity index (χ0n) is 16.5. The van der Waals surface area contributed by atoms with Crippen molar-refractivity contribution in [3.63, 3.8) is 0 Å². The number of hydrogen-bond donors (Lipinski definition) is 2. The van der Waals surface area contributed by atoms with E-state index in [0.717, 1.165) is 35.0 Å². The molecule has 1 heterocycles. The van der Waals surface area contributed by atoms with Crippen molar-refractivity contribution >= 4 is 26.7 Å². The molecule has 0 saturated heterocycles. The Hall–Kier alpha value is -2.64. The molecule has 3 aromatic rings. The van der Waals surface area contributed by atoms with E-state index in [-0.39, 0.29) is 17.2 Å². The number of aryl methyl sites for hydroxylation is 2. The highest BCUT2D eigenvalue weighted by atomic mass is 32.2. The standard InChI is InChI=1S/C22H24N2O4S/c1-3-14-11-16-18(24-17-8-6-9-19(25)22(16)17)12-21(14)29(26,27)23-13-15-7-4-5-10-20(15)28-2/h4-5,7,10-12,23-24H,3,6,8-9,13H2,1-2H3. The molecule has 0 spiro atoms. The average molecular weight is 413 g/mol. The predicted molar refractivity (Wildman–Crippen MR) is 112 cm³/mol. The molecule has 2 aromatic carbocycles. The first-order chi connectivity index (χ1) is 13.9. The summed E-state index contributed by atoms with van der Waals surface area (Å²) in [6.07, 6.45) is 2.73. The number of ketones is 1. The summed E-state index contributed by atoms with van der Waals surface area (Å²) < 4.78 is 34.2. The van der Waals surface area contributed by atoms with Gasteiger partial charge in [0.15, 0.2) is 5.78 Å². The molecule has 0 aliphatic heterocycles. The molecule has 0 unspecified atom stereocenters. The summed E-state index contributed by atoms with van der Waals surface area (Å²) in [4.78, 5) is 15.9. The summed E-state index contributed by atoms with van der Waals surface area (Å²) in [5.74, 6) is 0.765. The molecule has 1 aromatic heterocycles. The lowest BCUT2D eigenvalue weighted by Crippen LogP contribution is -2.24. The highest BCUT2D eigenvalue weighted by Crippen LogP contribution is 2.32. The molecule has 0 amide bonds. The van der Waals surface area contributed by atoms with E-state index in [2.05, 4.69) is 9.71 Å². The number of nitrogens with one attached hydrogen (secondary N) is 2. The van der Waals surface area contributed by atoms with Crippen LogP contribution in [0, 0.1) is 0 Å². The van der Waals surface area contributed by atoms with Crippen molar-refractivity contribution in [2.75, 3.05) is 7.11 Å². The van der Waals surface area contributed by atoms with Gasteiger partial charge in [-0.2, -0.15) is 0 Å². The number of carbonyl (C=O) groups excluding carboxylic acids is 1. The Kier molecular flexibility index (Phi) is 5.19. The Balaban J connectivity index is 1.73. The fourth-order valence-electron chi connectivity index (χ4n) is 4.01. The predicted octanol–water partition coefficient (Wildman–Crippen LogP) is 3.74. The van der Waals surface area contributed by atoms with E-state index in [0.29, 0.717) is 29.7 Å². The molecular formula is C22H24N2O4S. The Morgan fingerprint density at radius 1 is 1.14 bits per heavy atom. The van der Waals surface area contributed by atoms with E-state index in [1.165, 1.54) is 0 Å². The first kappa shape index (κ1) is 19.7. The smallest absolute Gasteiger partial charge is 0.241 e. The molecule has 0 saturated carbocycles. The molecule has 1 aliphatic carbocycles. The highest BCUT2D eigenvalue weighted by molar-refractivity contribution is 7.89. The number of sulfonamides is 1. The monoisotopic (exact) mass is 412 g/mol. The van der Waals surface area contributed by atoms with Crippen LogP contribution in [0.25, 0.3) is 10.9 Å². The van der Waals surface area contributed by atoms with Gasteiger partial charge < -0.3 is 9.72 Å². The third kappa shape index (κ3) is 3.56. The summed E-state index contributed by atoms with van der Waals surface area (Å²) in [5.41, 5.74) is 3.80. The summed E-state index contributed by atoms with van der Waals surface area (Å²) >= 11 is 0. The second kappa shape index (κ2) is 7.65. The molecule has 1 aliphatic rings. The second-order valence-electron chi connectivity index (χ2n) is 7.25. The number of aromatic amines is 1. The molecule has 4 rings (SSSR count). The molecule has 0 fully saturated rings. The van der Waals surface area contributed by atoms with Crippen LogP contribution in [0.2, 0.25) is 0 Å².